The van der Waals surface area contributed by atoms with Gasteiger partial charge in [-0.05, 0) is 14.1 Å². The van der Waals surface area contributed by atoms with E-state index in [-0.39, 0.29) is 0 Å². The van der Waals surface area contributed by atoms with Crippen molar-refractivity contribution in [3.63, 3.8) is 0 Å². The summed E-state index contributed by atoms with van der Waals surface area (Å²) in [5, 5.41) is 8.31. The minimum atomic E-state index is -0.472. The van der Waals surface area contributed by atoms with E-state index in [1.807, 2.05) is 26.4 Å². The SMILES string of the molecule is CN(C)C1=CC[N-]C=C1.CN(C)C1CC[N-]CC1.[Cl][Pt+2][Cl]. The van der Waals surface area contributed by atoms with Gasteiger partial charge in [0.05, 0.1) is 0 Å². The first-order valence-corrected chi connectivity index (χ1v) is 12.5. The summed E-state index contributed by atoms with van der Waals surface area (Å²) in [6.07, 6.45) is 8.46. The van der Waals surface area contributed by atoms with E-state index in [9.17, 15) is 0 Å². The zero-order valence-corrected chi connectivity index (χ0v) is 17.0. The molecule has 2 aliphatic rings. The molecule has 0 atom stereocenters. The normalized spacial score (nSPS) is 18.0. The third-order valence-corrected chi connectivity index (χ3v) is 3.24. The van der Waals surface area contributed by atoms with Crippen molar-refractivity contribution < 1.29 is 16.5 Å². The average molecular weight is 516 g/mol. The summed E-state index contributed by atoms with van der Waals surface area (Å²) in [5.74, 6) is 0. The van der Waals surface area contributed by atoms with Crippen molar-refractivity contribution in [2.45, 2.75) is 18.9 Å². The van der Waals surface area contributed by atoms with Gasteiger partial charge < -0.3 is 20.4 Å². The number of rotatable bonds is 2. The van der Waals surface area contributed by atoms with Gasteiger partial charge in [-0.3, -0.25) is 0 Å². The molecule has 7 heteroatoms. The number of allylic oxidation sites excluding steroid dienone is 1. The van der Waals surface area contributed by atoms with E-state index in [4.69, 9.17) is 18.8 Å². The van der Waals surface area contributed by atoms with E-state index in [1.54, 1.807) is 0 Å². The third-order valence-electron chi connectivity index (χ3n) is 3.24. The van der Waals surface area contributed by atoms with E-state index in [0.29, 0.717) is 0 Å². The summed E-state index contributed by atoms with van der Waals surface area (Å²) in [6.45, 7) is 2.97. The molecule has 0 radical (unpaired) electrons. The van der Waals surface area contributed by atoms with E-state index in [1.165, 1.54) is 18.5 Å². The molecule has 126 valence electrons. The molecule has 0 saturated carbocycles. The summed E-state index contributed by atoms with van der Waals surface area (Å²) in [5.41, 5.74) is 1.24. The van der Waals surface area contributed by atoms with Crippen LogP contribution in [0.1, 0.15) is 12.8 Å². The molecule has 1 saturated heterocycles. The molecule has 21 heavy (non-hydrogen) atoms. The fourth-order valence-corrected chi connectivity index (χ4v) is 1.99. The first-order valence-electron chi connectivity index (χ1n) is 6.85. The monoisotopic (exact) mass is 515 g/mol. The Bertz CT molecular complexity index is 303. The molecular formula is C14H26Cl2N4Pt. The van der Waals surface area contributed by atoms with Crippen molar-refractivity contribution in [2.24, 2.45) is 0 Å². The van der Waals surface area contributed by atoms with Crippen molar-refractivity contribution in [1.29, 1.82) is 0 Å². The zero-order chi connectivity index (χ0) is 16.1. The molecule has 0 aromatic carbocycles. The fourth-order valence-electron chi connectivity index (χ4n) is 1.99. The molecule has 2 rings (SSSR count). The molecule has 1 fully saturated rings. The Hall–Kier alpha value is 0.268. The summed E-state index contributed by atoms with van der Waals surface area (Å²) < 4.78 is 0. The van der Waals surface area contributed by atoms with Gasteiger partial charge in [-0.15, -0.1) is 19.6 Å². The topological polar surface area (TPSA) is 34.7 Å². The Morgan fingerprint density at radius 1 is 1.14 bits per heavy atom. The van der Waals surface area contributed by atoms with Gasteiger partial charge in [0, 0.05) is 25.8 Å². The zero-order valence-electron chi connectivity index (χ0n) is 13.2. The molecule has 0 spiro atoms. The van der Waals surface area contributed by atoms with Crippen molar-refractivity contribution in [2.75, 3.05) is 47.8 Å². The van der Waals surface area contributed by atoms with Gasteiger partial charge in [-0.25, -0.2) is 0 Å². The maximum atomic E-state index is 4.88. The van der Waals surface area contributed by atoms with Crippen LogP contribution in [0.4, 0.5) is 0 Å². The van der Waals surface area contributed by atoms with Crippen LogP contribution in [0.2, 0.25) is 0 Å². The number of halogens is 2. The number of nitrogens with zero attached hydrogens (tertiary/aromatic N) is 4. The molecule has 0 bridgehead atoms. The van der Waals surface area contributed by atoms with E-state index >= 15 is 0 Å². The molecule has 0 aromatic rings. The van der Waals surface area contributed by atoms with Gasteiger partial charge in [0.25, 0.3) is 0 Å². The van der Waals surface area contributed by atoms with Crippen LogP contribution < -0.4 is 0 Å². The van der Waals surface area contributed by atoms with Crippen molar-refractivity contribution in [3.8, 4) is 0 Å². The van der Waals surface area contributed by atoms with Gasteiger partial charge in [-0.2, -0.15) is 6.20 Å². The van der Waals surface area contributed by atoms with E-state index < -0.39 is 16.5 Å². The summed E-state index contributed by atoms with van der Waals surface area (Å²) in [7, 11) is 18.1. The molecule has 0 unspecified atom stereocenters. The summed E-state index contributed by atoms with van der Waals surface area (Å²) >= 11 is -0.472. The van der Waals surface area contributed by atoms with Crippen molar-refractivity contribution >= 4 is 18.8 Å². The minimum absolute atomic E-state index is 0.472. The first-order chi connectivity index (χ1) is 10.0. The van der Waals surface area contributed by atoms with Gasteiger partial charge in [0.2, 0.25) is 0 Å². The molecular weight excluding hydrogens is 490 g/mol. The van der Waals surface area contributed by atoms with Crippen LogP contribution in [-0.4, -0.2) is 63.7 Å². The van der Waals surface area contributed by atoms with Gasteiger partial charge >= 0.3 is 35.3 Å². The molecule has 0 aromatic heterocycles. The van der Waals surface area contributed by atoms with Gasteiger partial charge in [0.1, 0.15) is 0 Å². The van der Waals surface area contributed by atoms with E-state index in [2.05, 4.69) is 40.6 Å². The molecule has 4 nitrogen and oxygen atoms in total. The van der Waals surface area contributed by atoms with Gasteiger partial charge in [0.15, 0.2) is 0 Å². The van der Waals surface area contributed by atoms with Crippen LogP contribution in [-0.2, 0) is 16.5 Å². The Morgan fingerprint density at radius 2 is 1.71 bits per heavy atom. The van der Waals surface area contributed by atoms with Crippen LogP contribution in [0.3, 0.4) is 0 Å². The second-order valence-corrected chi connectivity index (χ2v) is 8.40. The van der Waals surface area contributed by atoms with Crippen LogP contribution >= 0.6 is 18.8 Å². The van der Waals surface area contributed by atoms with Crippen LogP contribution in [0.25, 0.3) is 10.6 Å². The molecule has 0 N–H and O–H groups in total. The number of hydrogen-bond acceptors (Lipinski definition) is 2. The fraction of sp³-hybridized carbons (Fsp3) is 0.714. The maximum absolute atomic E-state index is 4.88. The summed E-state index contributed by atoms with van der Waals surface area (Å²) in [6, 6.07) is 0.794. The molecule has 2 heterocycles. The van der Waals surface area contributed by atoms with Crippen LogP contribution in [0, 0.1) is 0 Å². The second-order valence-electron chi connectivity index (χ2n) is 5.12. The predicted octanol–water partition coefficient (Wildman–Crippen LogP) is 3.79. The number of piperidine rings is 1. The number of likely N-dealkylation sites (N-methyl/N-ethyl adjacent to an activating group) is 1. The van der Waals surface area contributed by atoms with Gasteiger partial charge in [-0.1, -0.05) is 25.0 Å². The average Bonchev–Trinajstić information content (AvgIpc) is 2.50. The van der Waals surface area contributed by atoms with Crippen LogP contribution in [0.5, 0.6) is 0 Å². The predicted molar refractivity (Wildman–Crippen MR) is 90.6 cm³/mol. The van der Waals surface area contributed by atoms with E-state index in [0.717, 1.165) is 25.7 Å². The molecule has 0 amide bonds. The Balaban J connectivity index is 0.000000322. The quantitative estimate of drug-likeness (QED) is 0.560. The molecule has 0 aliphatic carbocycles. The second kappa shape index (κ2) is 13.9. The summed E-state index contributed by atoms with van der Waals surface area (Å²) in [4.78, 5) is 4.37. The van der Waals surface area contributed by atoms with Crippen molar-refractivity contribution in [3.05, 3.63) is 34.7 Å². The Morgan fingerprint density at radius 3 is 2.00 bits per heavy atom. The third kappa shape index (κ3) is 11.5. The standard InChI is InChI=1S/C7H15N2.C7H11N2.2ClH.Pt/c2*1-9(2)7-3-5-8-6-4-7;;;/h7H,3-6H2,1-2H3;3-5H,6H2,1-2H3;2*1H;/q2*-1;;;+4/p-2. The Labute approximate surface area is 146 Å². The molecule has 2 aliphatic heterocycles. The van der Waals surface area contributed by atoms with Crippen molar-refractivity contribution in [1.82, 2.24) is 9.80 Å². The number of hydrogen-bond donors (Lipinski definition) is 0. The van der Waals surface area contributed by atoms with Crippen LogP contribution in [0.15, 0.2) is 24.0 Å². The first kappa shape index (κ1) is 21.3. The Kier molecular flexibility index (Phi) is 14.1.